The van der Waals surface area contributed by atoms with Gasteiger partial charge in [0.2, 0.25) is 5.95 Å². The average Bonchev–Trinajstić information content (AvgIpc) is 2.90. The summed E-state index contributed by atoms with van der Waals surface area (Å²) in [6, 6.07) is 20.6. The highest BCUT2D eigenvalue weighted by molar-refractivity contribution is 6.05. The van der Waals surface area contributed by atoms with Crippen LogP contribution in [0.1, 0.15) is 15.9 Å². The number of carbonyl (C=O) groups is 1. The lowest BCUT2D eigenvalue weighted by Crippen LogP contribution is -2.13. The number of methoxy groups -OCH3 is 1. The Kier molecular flexibility index (Phi) is 6.00. The molecule has 2 aromatic carbocycles. The molecule has 8 nitrogen and oxygen atoms in total. The fourth-order valence-corrected chi connectivity index (χ4v) is 3.59. The molecule has 8 heteroatoms. The number of nitrogens with zero attached hydrogens (tertiary/aromatic N) is 4. The van der Waals surface area contributed by atoms with E-state index in [4.69, 9.17) is 4.74 Å². The molecule has 0 spiro atoms. The second-order valence-corrected chi connectivity index (χ2v) is 7.88. The number of amides is 1. The van der Waals surface area contributed by atoms with Crippen LogP contribution >= 0.6 is 0 Å². The van der Waals surface area contributed by atoms with Crippen molar-refractivity contribution in [1.29, 1.82) is 0 Å². The summed E-state index contributed by atoms with van der Waals surface area (Å²) < 4.78 is 5.25. The summed E-state index contributed by atoms with van der Waals surface area (Å²) in [5.41, 5.74) is 4.49. The van der Waals surface area contributed by atoms with Crippen LogP contribution in [0, 0.1) is 6.92 Å². The Morgan fingerprint density at radius 1 is 0.943 bits per heavy atom. The largest absolute Gasteiger partial charge is 0.495 e. The number of hydrogen-bond donors (Lipinski definition) is 2. The Morgan fingerprint density at radius 3 is 2.71 bits per heavy atom. The molecule has 3 aromatic heterocycles. The minimum atomic E-state index is -0.257. The lowest BCUT2D eigenvalue weighted by atomic mass is 10.1. The SMILES string of the molecule is COc1cncc(-c2ccnc(Nc3cc(C(=O)Nc4ccc5ccccc5n4)ccc3C)n2)c1. The molecule has 3 heterocycles. The number of para-hydroxylation sites is 1. The number of carbonyl (C=O) groups excluding carboxylic acids is 1. The van der Waals surface area contributed by atoms with Crippen LogP contribution < -0.4 is 15.4 Å². The van der Waals surface area contributed by atoms with Crippen LogP contribution in [0.25, 0.3) is 22.2 Å². The van der Waals surface area contributed by atoms with Crippen molar-refractivity contribution in [2.24, 2.45) is 0 Å². The molecule has 5 aromatic rings. The maximum atomic E-state index is 12.9. The third-order valence-electron chi connectivity index (χ3n) is 5.49. The number of ether oxygens (including phenoxy) is 1. The van der Waals surface area contributed by atoms with E-state index < -0.39 is 0 Å². The van der Waals surface area contributed by atoms with Crippen LogP contribution in [0.2, 0.25) is 0 Å². The van der Waals surface area contributed by atoms with E-state index in [1.54, 1.807) is 50.0 Å². The number of benzene rings is 2. The van der Waals surface area contributed by atoms with E-state index in [0.29, 0.717) is 28.8 Å². The van der Waals surface area contributed by atoms with Crippen molar-refractivity contribution < 1.29 is 9.53 Å². The molecule has 0 aliphatic carbocycles. The number of anilines is 3. The van der Waals surface area contributed by atoms with Crippen molar-refractivity contribution >= 4 is 34.3 Å². The monoisotopic (exact) mass is 462 g/mol. The Hall–Kier alpha value is -4.85. The molecule has 0 atom stereocenters. The summed E-state index contributed by atoms with van der Waals surface area (Å²) in [6.45, 7) is 1.95. The van der Waals surface area contributed by atoms with Gasteiger partial charge in [0.15, 0.2) is 0 Å². The molecule has 0 saturated heterocycles. The quantitative estimate of drug-likeness (QED) is 0.348. The van der Waals surface area contributed by atoms with E-state index >= 15 is 0 Å². The van der Waals surface area contributed by atoms with Crippen LogP contribution in [0.4, 0.5) is 17.5 Å². The van der Waals surface area contributed by atoms with E-state index in [9.17, 15) is 4.79 Å². The van der Waals surface area contributed by atoms with Gasteiger partial charge in [-0.3, -0.25) is 9.78 Å². The Morgan fingerprint density at radius 2 is 1.83 bits per heavy atom. The summed E-state index contributed by atoms with van der Waals surface area (Å²) in [5, 5.41) is 7.11. The Bertz CT molecular complexity index is 1540. The Balaban J connectivity index is 1.37. The number of pyridine rings is 2. The molecule has 0 aliphatic rings. The van der Waals surface area contributed by atoms with E-state index in [2.05, 4.69) is 30.6 Å². The number of fused-ring (bicyclic) bond motifs is 1. The molecular formula is C27H22N6O2. The maximum absolute atomic E-state index is 12.9. The zero-order valence-electron chi connectivity index (χ0n) is 19.2. The fourth-order valence-electron chi connectivity index (χ4n) is 3.59. The van der Waals surface area contributed by atoms with Gasteiger partial charge < -0.3 is 15.4 Å². The van der Waals surface area contributed by atoms with Gasteiger partial charge in [-0.1, -0.05) is 24.3 Å². The maximum Gasteiger partial charge on any atom is 0.256 e. The molecule has 35 heavy (non-hydrogen) atoms. The molecule has 0 saturated carbocycles. The molecule has 0 bridgehead atoms. The van der Waals surface area contributed by atoms with Gasteiger partial charge in [0.05, 0.1) is 24.5 Å². The first-order valence-electron chi connectivity index (χ1n) is 11.0. The number of nitrogens with one attached hydrogen (secondary N) is 2. The molecule has 2 N–H and O–H groups in total. The highest BCUT2D eigenvalue weighted by Crippen LogP contribution is 2.24. The van der Waals surface area contributed by atoms with Gasteiger partial charge in [0, 0.05) is 34.6 Å². The molecule has 0 unspecified atom stereocenters. The first-order chi connectivity index (χ1) is 17.1. The van der Waals surface area contributed by atoms with Crippen molar-refractivity contribution in [2.75, 3.05) is 17.7 Å². The number of aromatic nitrogens is 4. The summed E-state index contributed by atoms with van der Waals surface area (Å²) in [4.78, 5) is 30.6. The summed E-state index contributed by atoms with van der Waals surface area (Å²) in [6.07, 6.45) is 5.02. The van der Waals surface area contributed by atoms with Crippen molar-refractivity contribution in [3.8, 4) is 17.0 Å². The predicted octanol–water partition coefficient (Wildman–Crippen LogP) is 5.40. The van der Waals surface area contributed by atoms with E-state index in [1.807, 2.05) is 49.4 Å². The molecule has 0 fully saturated rings. The minimum absolute atomic E-state index is 0.257. The third kappa shape index (κ3) is 4.91. The summed E-state index contributed by atoms with van der Waals surface area (Å²) >= 11 is 0. The van der Waals surface area contributed by atoms with E-state index in [-0.39, 0.29) is 5.91 Å². The number of aryl methyl sites for hydroxylation is 1. The summed E-state index contributed by atoms with van der Waals surface area (Å²) in [5.74, 6) is 1.29. The second-order valence-electron chi connectivity index (χ2n) is 7.88. The molecule has 0 radical (unpaired) electrons. The van der Waals surface area contributed by atoms with Crippen LogP contribution in [0.5, 0.6) is 5.75 Å². The van der Waals surface area contributed by atoms with Gasteiger partial charge in [-0.25, -0.2) is 15.0 Å². The van der Waals surface area contributed by atoms with Crippen molar-refractivity contribution in [3.05, 3.63) is 96.4 Å². The minimum Gasteiger partial charge on any atom is -0.495 e. The average molecular weight is 463 g/mol. The van der Waals surface area contributed by atoms with Crippen LogP contribution in [-0.4, -0.2) is 33.0 Å². The van der Waals surface area contributed by atoms with Gasteiger partial charge in [-0.15, -0.1) is 0 Å². The standard InChI is InChI=1S/C27H22N6O2/c1-17-7-8-19(26(34)33-25-10-9-18-5-3-4-6-22(18)30-25)14-24(17)32-27-29-12-11-23(31-27)20-13-21(35-2)16-28-15-20/h3-16H,1-2H3,(H,29,31,32)(H,30,33,34). The highest BCUT2D eigenvalue weighted by atomic mass is 16.5. The van der Waals surface area contributed by atoms with E-state index in [1.165, 1.54) is 0 Å². The van der Waals surface area contributed by atoms with Crippen LogP contribution in [0.3, 0.4) is 0 Å². The molecular weight excluding hydrogens is 440 g/mol. The lowest BCUT2D eigenvalue weighted by Gasteiger charge is -2.12. The fraction of sp³-hybridized carbons (Fsp3) is 0.0741. The zero-order chi connectivity index (χ0) is 24.2. The van der Waals surface area contributed by atoms with Crippen LogP contribution in [-0.2, 0) is 0 Å². The normalized spacial score (nSPS) is 10.7. The molecule has 172 valence electrons. The molecule has 1 amide bonds. The lowest BCUT2D eigenvalue weighted by molar-refractivity contribution is 0.102. The zero-order valence-corrected chi connectivity index (χ0v) is 19.2. The second kappa shape index (κ2) is 9.56. The predicted molar refractivity (Wildman–Crippen MR) is 136 cm³/mol. The van der Waals surface area contributed by atoms with Gasteiger partial charge in [0.25, 0.3) is 5.91 Å². The van der Waals surface area contributed by atoms with Crippen molar-refractivity contribution in [1.82, 2.24) is 19.9 Å². The Labute approximate surface area is 202 Å². The van der Waals surface area contributed by atoms with Gasteiger partial charge in [-0.2, -0.15) is 0 Å². The number of hydrogen-bond acceptors (Lipinski definition) is 7. The first kappa shape index (κ1) is 22.0. The van der Waals surface area contributed by atoms with Crippen molar-refractivity contribution in [3.63, 3.8) is 0 Å². The van der Waals surface area contributed by atoms with Gasteiger partial charge >= 0.3 is 0 Å². The number of rotatable bonds is 6. The smallest absolute Gasteiger partial charge is 0.256 e. The molecule has 5 rings (SSSR count). The van der Waals surface area contributed by atoms with Crippen molar-refractivity contribution in [2.45, 2.75) is 6.92 Å². The highest BCUT2D eigenvalue weighted by Gasteiger charge is 2.12. The van der Waals surface area contributed by atoms with Gasteiger partial charge in [-0.05, 0) is 55.0 Å². The third-order valence-corrected chi connectivity index (χ3v) is 5.49. The molecule has 0 aliphatic heterocycles. The topological polar surface area (TPSA) is 102 Å². The van der Waals surface area contributed by atoms with E-state index in [0.717, 1.165) is 27.7 Å². The first-order valence-corrected chi connectivity index (χ1v) is 11.0. The van der Waals surface area contributed by atoms with Gasteiger partial charge in [0.1, 0.15) is 11.6 Å². The summed E-state index contributed by atoms with van der Waals surface area (Å²) in [7, 11) is 1.59. The van der Waals surface area contributed by atoms with Crippen LogP contribution in [0.15, 0.2) is 85.3 Å².